The Kier molecular flexibility index (Phi) is 8.04. The van der Waals surface area contributed by atoms with Gasteiger partial charge in [-0.2, -0.15) is 5.10 Å². The van der Waals surface area contributed by atoms with Gasteiger partial charge in [-0.15, -0.1) is 0 Å². The van der Waals surface area contributed by atoms with E-state index in [2.05, 4.69) is 15.7 Å². The molecule has 2 amide bonds. The molecular weight excluding hydrogens is 431 g/mol. The molecule has 0 aliphatic carbocycles. The van der Waals surface area contributed by atoms with E-state index in [9.17, 15) is 24.2 Å². The molecule has 1 aromatic carbocycles. The number of benzene rings is 1. The minimum Gasteiger partial charge on any atom is -0.394 e. The lowest BCUT2D eigenvalue weighted by molar-refractivity contribution is -0.126. The van der Waals surface area contributed by atoms with Crippen molar-refractivity contribution in [2.45, 2.75) is 52.2 Å². The Labute approximate surface area is 192 Å². The highest BCUT2D eigenvalue weighted by molar-refractivity contribution is 6.06. The van der Waals surface area contributed by atoms with E-state index in [1.807, 2.05) is 0 Å². The summed E-state index contributed by atoms with van der Waals surface area (Å²) in [5, 5.41) is 28.6. The van der Waals surface area contributed by atoms with E-state index in [0.717, 1.165) is 12.8 Å². The zero-order chi connectivity index (χ0) is 24.2. The maximum Gasteiger partial charge on any atom is 0.273 e. The van der Waals surface area contributed by atoms with Crippen molar-refractivity contribution < 1.29 is 28.9 Å². The van der Waals surface area contributed by atoms with Gasteiger partial charge in [0.05, 0.1) is 19.3 Å². The first-order valence-electron chi connectivity index (χ1n) is 11.2. The van der Waals surface area contributed by atoms with Gasteiger partial charge < -0.3 is 25.6 Å². The molecule has 1 aromatic heterocycles. The second kappa shape index (κ2) is 10.6. The Hall–Kier alpha value is -2.56. The molecule has 2 aromatic rings. The smallest absolute Gasteiger partial charge is 0.273 e. The summed E-state index contributed by atoms with van der Waals surface area (Å²) in [6.45, 7) is 6.23. The fraction of sp³-hybridized carbons (Fsp3) is 0.609. The summed E-state index contributed by atoms with van der Waals surface area (Å²) in [4.78, 5) is 26.1. The average molecular weight is 465 g/mol. The third-order valence-electron chi connectivity index (χ3n) is 5.90. The van der Waals surface area contributed by atoms with Crippen LogP contribution in [0.2, 0.25) is 0 Å². The normalized spacial score (nSPS) is 16.2. The summed E-state index contributed by atoms with van der Waals surface area (Å²) in [5.74, 6) is -1.35. The van der Waals surface area contributed by atoms with Crippen LogP contribution < -0.4 is 10.6 Å². The van der Waals surface area contributed by atoms with Crippen LogP contribution in [0.25, 0.3) is 10.9 Å². The Morgan fingerprint density at radius 2 is 1.88 bits per heavy atom. The SMILES string of the molecule is CC(C)(C)[C@H](NC(=O)c1nn(CC2CCOCC2)c2c(F)cccc12)C(=O)NC(CO)CO. The summed E-state index contributed by atoms with van der Waals surface area (Å²) >= 11 is 0. The number of rotatable bonds is 8. The van der Waals surface area contributed by atoms with E-state index in [-0.39, 0.29) is 17.1 Å². The summed E-state index contributed by atoms with van der Waals surface area (Å²) in [7, 11) is 0. The second-order valence-corrected chi connectivity index (χ2v) is 9.57. The molecule has 1 aliphatic rings. The number of aliphatic hydroxyl groups is 2. The van der Waals surface area contributed by atoms with Gasteiger partial charge in [-0.25, -0.2) is 4.39 Å². The fourth-order valence-electron chi connectivity index (χ4n) is 3.98. The highest BCUT2D eigenvalue weighted by atomic mass is 19.1. The maximum absolute atomic E-state index is 14.8. The van der Waals surface area contributed by atoms with Gasteiger partial charge in [-0.05, 0) is 30.2 Å². The van der Waals surface area contributed by atoms with E-state index in [1.165, 1.54) is 16.8 Å². The van der Waals surface area contributed by atoms with Crippen LogP contribution in [0.1, 0.15) is 44.1 Å². The predicted molar refractivity (Wildman–Crippen MR) is 120 cm³/mol. The molecule has 0 spiro atoms. The zero-order valence-corrected chi connectivity index (χ0v) is 19.3. The van der Waals surface area contributed by atoms with Crippen LogP contribution in [0.15, 0.2) is 18.2 Å². The van der Waals surface area contributed by atoms with E-state index in [4.69, 9.17) is 4.74 Å². The van der Waals surface area contributed by atoms with Crippen LogP contribution in [0.5, 0.6) is 0 Å². The molecule has 0 saturated carbocycles. The number of hydrogen-bond donors (Lipinski definition) is 4. The van der Waals surface area contributed by atoms with Gasteiger partial charge in [0, 0.05) is 25.1 Å². The summed E-state index contributed by atoms with van der Waals surface area (Å²) in [5.41, 5.74) is -0.382. The van der Waals surface area contributed by atoms with Crippen molar-refractivity contribution in [2.24, 2.45) is 11.3 Å². The number of nitrogens with one attached hydrogen (secondary N) is 2. The van der Waals surface area contributed by atoms with Gasteiger partial charge in [0.25, 0.3) is 5.91 Å². The molecule has 182 valence electrons. The molecule has 1 saturated heterocycles. The number of ether oxygens (including phenoxy) is 1. The highest BCUT2D eigenvalue weighted by Crippen LogP contribution is 2.26. The maximum atomic E-state index is 14.8. The number of carbonyl (C=O) groups is 2. The number of carbonyl (C=O) groups excluding carboxylic acids is 2. The van der Waals surface area contributed by atoms with Crippen molar-refractivity contribution >= 4 is 22.7 Å². The lowest BCUT2D eigenvalue weighted by Gasteiger charge is -2.31. The molecule has 0 radical (unpaired) electrons. The fourth-order valence-corrected chi connectivity index (χ4v) is 3.98. The van der Waals surface area contributed by atoms with Gasteiger partial charge >= 0.3 is 0 Å². The molecule has 0 unspecified atom stereocenters. The van der Waals surface area contributed by atoms with Gasteiger partial charge in [0.1, 0.15) is 17.4 Å². The number of para-hydroxylation sites is 1. The molecule has 4 N–H and O–H groups in total. The molecule has 33 heavy (non-hydrogen) atoms. The van der Waals surface area contributed by atoms with Crippen LogP contribution in [-0.4, -0.2) is 70.3 Å². The Morgan fingerprint density at radius 3 is 2.48 bits per heavy atom. The quantitative estimate of drug-likeness (QED) is 0.465. The Morgan fingerprint density at radius 1 is 1.21 bits per heavy atom. The summed E-state index contributed by atoms with van der Waals surface area (Å²) < 4.78 is 21.7. The topological polar surface area (TPSA) is 126 Å². The van der Waals surface area contributed by atoms with E-state index < -0.39 is 48.3 Å². The van der Waals surface area contributed by atoms with Crippen molar-refractivity contribution in [3.05, 3.63) is 29.7 Å². The summed E-state index contributed by atoms with van der Waals surface area (Å²) in [6, 6.07) is 2.68. The summed E-state index contributed by atoms with van der Waals surface area (Å²) in [6.07, 6.45) is 1.67. The second-order valence-electron chi connectivity index (χ2n) is 9.57. The number of hydrogen-bond acceptors (Lipinski definition) is 6. The van der Waals surface area contributed by atoms with Crippen molar-refractivity contribution in [3.63, 3.8) is 0 Å². The first-order chi connectivity index (χ1) is 15.7. The van der Waals surface area contributed by atoms with Crippen molar-refractivity contribution in [1.82, 2.24) is 20.4 Å². The minimum absolute atomic E-state index is 0.0412. The Balaban J connectivity index is 1.90. The molecule has 10 heteroatoms. The third kappa shape index (κ3) is 5.87. The molecule has 2 heterocycles. The predicted octanol–water partition coefficient (Wildman–Crippen LogP) is 1.22. The highest BCUT2D eigenvalue weighted by Gasteiger charge is 2.35. The number of amides is 2. The van der Waals surface area contributed by atoms with Crippen molar-refractivity contribution in [3.8, 4) is 0 Å². The molecule has 9 nitrogen and oxygen atoms in total. The van der Waals surface area contributed by atoms with E-state index >= 15 is 0 Å². The van der Waals surface area contributed by atoms with Crippen LogP contribution in [0, 0.1) is 17.2 Å². The monoisotopic (exact) mass is 464 g/mol. The minimum atomic E-state index is -0.977. The number of halogens is 1. The third-order valence-corrected chi connectivity index (χ3v) is 5.90. The van der Waals surface area contributed by atoms with Gasteiger partial charge in [-0.1, -0.05) is 32.9 Å². The first-order valence-corrected chi connectivity index (χ1v) is 11.2. The Bertz CT molecular complexity index is 977. The van der Waals surface area contributed by atoms with Crippen molar-refractivity contribution in [2.75, 3.05) is 26.4 Å². The lowest BCUT2D eigenvalue weighted by atomic mass is 9.85. The zero-order valence-electron chi connectivity index (χ0n) is 19.3. The number of fused-ring (bicyclic) bond motifs is 1. The van der Waals surface area contributed by atoms with Crippen LogP contribution in [-0.2, 0) is 16.1 Å². The molecule has 3 rings (SSSR count). The molecule has 1 atom stereocenters. The average Bonchev–Trinajstić information content (AvgIpc) is 3.15. The number of aromatic nitrogens is 2. The van der Waals surface area contributed by atoms with Gasteiger partial charge in [0.2, 0.25) is 5.91 Å². The van der Waals surface area contributed by atoms with E-state index in [0.29, 0.717) is 25.1 Å². The van der Waals surface area contributed by atoms with E-state index in [1.54, 1.807) is 26.8 Å². The molecule has 1 aliphatic heterocycles. The molecule has 0 bridgehead atoms. The molecule has 1 fully saturated rings. The largest absolute Gasteiger partial charge is 0.394 e. The van der Waals surface area contributed by atoms with Gasteiger partial charge in [-0.3, -0.25) is 14.3 Å². The van der Waals surface area contributed by atoms with Gasteiger partial charge in [0.15, 0.2) is 5.69 Å². The van der Waals surface area contributed by atoms with Crippen LogP contribution in [0.3, 0.4) is 0 Å². The lowest BCUT2D eigenvalue weighted by Crippen LogP contribution is -2.56. The van der Waals surface area contributed by atoms with Crippen LogP contribution in [0.4, 0.5) is 4.39 Å². The standard InChI is InChI=1S/C23H33FN4O5/c1-23(2,3)20(22(32)25-15(12-29)13-30)26-21(31)18-16-5-4-6-17(24)19(16)28(27-18)11-14-7-9-33-10-8-14/h4-6,14-15,20,29-30H,7-13H2,1-3H3,(H,25,32)(H,26,31)/t20-/m1/s1. The first kappa shape index (κ1) is 25.1. The van der Waals surface area contributed by atoms with Crippen molar-refractivity contribution in [1.29, 1.82) is 0 Å². The number of nitrogens with zero attached hydrogens (tertiary/aromatic N) is 2. The van der Waals surface area contributed by atoms with Crippen LogP contribution >= 0.6 is 0 Å². The number of aliphatic hydroxyl groups excluding tert-OH is 2. The molecular formula is C23H33FN4O5.